The standard InChI is InChI=1S/C29H23ClF2N2O3/c1-17-13-21(11-12-33-17)28(34-36)16-25(23-10-8-22(30)15-27(23)32)19-5-3-18(4-6-19)20-7-9-24(26(31)14-20)29(35)37-2/h3-15,25,36H,16H2,1-2H3/b34-28-. The molecule has 0 saturated heterocycles. The van der Waals surface area contributed by atoms with Gasteiger partial charge < -0.3 is 9.94 Å². The molecule has 0 saturated carbocycles. The number of pyridine rings is 1. The molecule has 0 bridgehead atoms. The van der Waals surface area contributed by atoms with Gasteiger partial charge >= 0.3 is 5.97 Å². The second-order valence-corrected chi connectivity index (χ2v) is 8.90. The third-order valence-corrected chi connectivity index (χ3v) is 6.34. The number of benzene rings is 3. The average Bonchev–Trinajstić information content (AvgIpc) is 2.89. The molecular formula is C29H23ClF2N2O3. The van der Waals surface area contributed by atoms with E-state index < -0.39 is 23.5 Å². The van der Waals surface area contributed by atoms with Gasteiger partial charge in [0, 0.05) is 34.8 Å². The highest BCUT2D eigenvalue weighted by Gasteiger charge is 2.22. The second kappa shape index (κ2) is 11.3. The number of hydrogen-bond acceptors (Lipinski definition) is 5. The lowest BCUT2D eigenvalue weighted by Gasteiger charge is -2.20. The third-order valence-electron chi connectivity index (χ3n) is 6.11. The number of esters is 1. The van der Waals surface area contributed by atoms with E-state index in [9.17, 15) is 14.4 Å². The van der Waals surface area contributed by atoms with Gasteiger partial charge in [-0.3, -0.25) is 4.98 Å². The van der Waals surface area contributed by atoms with Gasteiger partial charge in [0.25, 0.3) is 0 Å². The van der Waals surface area contributed by atoms with E-state index in [0.29, 0.717) is 28.0 Å². The molecule has 0 aliphatic carbocycles. The normalized spacial score (nSPS) is 12.3. The van der Waals surface area contributed by atoms with Crippen molar-refractivity contribution < 1.29 is 23.5 Å². The van der Waals surface area contributed by atoms with Crippen molar-refractivity contribution in [1.82, 2.24) is 4.98 Å². The molecule has 0 aliphatic heterocycles. The van der Waals surface area contributed by atoms with Gasteiger partial charge in [-0.15, -0.1) is 0 Å². The van der Waals surface area contributed by atoms with Crippen LogP contribution in [-0.4, -0.2) is 29.0 Å². The minimum atomic E-state index is -0.752. The van der Waals surface area contributed by atoms with Crippen molar-refractivity contribution in [1.29, 1.82) is 0 Å². The van der Waals surface area contributed by atoms with E-state index >= 15 is 4.39 Å². The molecule has 1 unspecified atom stereocenters. The molecule has 8 heteroatoms. The van der Waals surface area contributed by atoms with E-state index in [1.165, 1.54) is 25.3 Å². The van der Waals surface area contributed by atoms with Gasteiger partial charge in [-0.1, -0.05) is 53.2 Å². The molecule has 1 atom stereocenters. The van der Waals surface area contributed by atoms with Crippen molar-refractivity contribution in [2.75, 3.05) is 7.11 Å². The van der Waals surface area contributed by atoms with Crippen LogP contribution >= 0.6 is 11.6 Å². The molecule has 0 fully saturated rings. The van der Waals surface area contributed by atoms with Crippen LogP contribution in [0.25, 0.3) is 11.1 Å². The molecule has 4 aromatic rings. The lowest BCUT2D eigenvalue weighted by molar-refractivity contribution is 0.0595. The Kier molecular flexibility index (Phi) is 7.94. The summed E-state index contributed by atoms with van der Waals surface area (Å²) in [4.78, 5) is 15.9. The zero-order valence-corrected chi connectivity index (χ0v) is 20.8. The Balaban J connectivity index is 1.71. The topological polar surface area (TPSA) is 71.8 Å². The van der Waals surface area contributed by atoms with Crippen molar-refractivity contribution >= 4 is 23.3 Å². The first kappa shape index (κ1) is 26.0. The number of halogens is 3. The van der Waals surface area contributed by atoms with Gasteiger partial charge in [-0.2, -0.15) is 0 Å². The Bertz CT molecular complexity index is 1470. The van der Waals surface area contributed by atoms with Crippen LogP contribution in [0.15, 0.2) is 84.1 Å². The maximum Gasteiger partial charge on any atom is 0.340 e. The quantitative estimate of drug-likeness (QED) is 0.121. The Morgan fingerprint density at radius 1 is 1.00 bits per heavy atom. The van der Waals surface area contributed by atoms with Crippen LogP contribution in [0.3, 0.4) is 0 Å². The van der Waals surface area contributed by atoms with Crippen molar-refractivity contribution in [2.45, 2.75) is 19.3 Å². The maximum atomic E-state index is 15.1. The second-order valence-electron chi connectivity index (χ2n) is 8.46. The number of rotatable bonds is 7. The fourth-order valence-corrected chi connectivity index (χ4v) is 4.36. The summed E-state index contributed by atoms with van der Waals surface area (Å²) in [5, 5.41) is 13.6. The van der Waals surface area contributed by atoms with Gasteiger partial charge in [-0.05, 0) is 65.6 Å². The summed E-state index contributed by atoms with van der Waals surface area (Å²) in [6, 6.07) is 19.5. The van der Waals surface area contributed by atoms with Crippen LogP contribution in [0.4, 0.5) is 8.78 Å². The molecule has 188 valence electrons. The zero-order chi connectivity index (χ0) is 26.5. The van der Waals surface area contributed by atoms with Crippen molar-refractivity contribution in [2.24, 2.45) is 5.16 Å². The summed E-state index contributed by atoms with van der Waals surface area (Å²) >= 11 is 5.99. The molecular weight excluding hydrogens is 498 g/mol. The lowest BCUT2D eigenvalue weighted by atomic mass is 9.84. The highest BCUT2D eigenvalue weighted by molar-refractivity contribution is 6.30. The van der Waals surface area contributed by atoms with E-state index in [4.69, 9.17) is 11.6 Å². The predicted octanol–water partition coefficient (Wildman–Crippen LogP) is 7.18. The van der Waals surface area contributed by atoms with E-state index in [1.54, 1.807) is 48.7 Å². The molecule has 1 aromatic heterocycles. The summed E-state index contributed by atoms with van der Waals surface area (Å²) in [5.41, 5.74) is 4.06. The van der Waals surface area contributed by atoms with Crippen LogP contribution < -0.4 is 0 Å². The summed E-state index contributed by atoms with van der Waals surface area (Å²) < 4.78 is 34.1. The number of carbonyl (C=O) groups excluding carboxylic acids is 1. The van der Waals surface area contributed by atoms with Crippen LogP contribution in [0, 0.1) is 18.6 Å². The van der Waals surface area contributed by atoms with Gasteiger partial charge in [0.2, 0.25) is 0 Å². The smallest absolute Gasteiger partial charge is 0.340 e. The van der Waals surface area contributed by atoms with E-state index in [-0.39, 0.29) is 17.0 Å². The molecule has 3 aromatic carbocycles. The van der Waals surface area contributed by atoms with Crippen LogP contribution in [0.2, 0.25) is 5.02 Å². The van der Waals surface area contributed by atoms with Gasteiger partial charge in [-0.25, -0.2) is 13.6 Å². The van der Waals surface area contributed by atoms with Gasteiger partial charge in [0.1, 0.15) is 11.6 Å². The van der Waals surface area contributed by atoms with Crippen molar-refractivity contribution in [3.8, 4) is 11.1 Å². The van der Waals surface area contributed by atoms with Gasteiger partial charge in [0.05, 0.1) is 18.4 Å². The number of methoxy groups -OCH3 is 1. The number of carbonyl (C=O) groups is 1. The Labute approximate surface area is 218 Å². The zero-order valence-electron chi connectivity index (χ0n) is 20.1. The largest absolute Gasteiger partial charge is 0.465 e. The summed E-state index contributed by atoms with van der Waals surface area (Å²) in [6.45, 7) is 1.83. The Morgan fingerprint density at radius 3 is 2.35 bits per heavy atom. The first-order valence-electron chi connectivity index (χ1n) is 11.4. The van der Waals surface area contributed by atoms with E-state index in [0.717, 1.165) is 11.3 Å². The number of aryl methyl sites for hydroxylation is 1. The number of aromatic nitrogens is 1. The fraction of sp³-hybridized carbons (Fsp3) is 0.138. The SMILES string of the molecule is COC(=O)c1ccc(-c2ccc(C(C/C(=N/O)c3ccnc(C)c3)c3ccc(Cl)cc3F)cc2)cc1F. The highest BCUT2D eigenvalue weighted by atomic mass is 35.5. The molecule has 1 heterocycles. The minimum Gasteiger partial charge on any atom is -0.465 e. The van der Waals surface area contributed by atoms with Crippen molar-refractivity contribution in [3.63, 3.8) is 0 Å². The monoisotopic (exact) mass is 520 g/mol. The van der Waals surface area contributed by atoms with Crippen LogP contribution in [-0.2, 0) is 4.74 Å². The molecule has 0 radical (unpaired) electrons. The number of nitrogens with zero attached hydrogens (tertiary/aromatic N) is 2. The summed E-state index contributed by atoms with van der Waals surface area (Å²) in [6.07, 6.45) is 1.81. The lowest BCUT2D eigenvalue weighted by Crippen LogP contribution is -2.12. The van der Waals surface area contributed by atoms with Crippen LogP contribution in [0.5, 0.6) is 0 Å². The Hall–Kier alpha value is -4.10. The number of oxime groups is 1. The molecule has 5 nitrogen and oxygen atoms in total. The molecule has 4 rings (SSSR count). The molecule has 0 aliphatic rings. The third kappa shape index (κ3) is 5.84. The molecule has 1 N–H and O–H groups in total. The van der Waals surface area contributed by atoms with Crippen LogP contribution in [0.1, 0.15) is 45.1 Å². The molecule has 0 amide bonds. The van der Waals surface area contributed by atoms with Gasteiger partial charge in [0.15, 0.2) is 0 Å². The van der Waals surface area contributed by atoms with E-state index in [2.05, 4.69) is 14.9 Å². The minimum absolute atomic E-state index is 0.150. The first-order valence-corrected chi connectivity index (χ1v) is 11.8. The predicted molar refractivity (Wildman–Crippen MR) is 138 cm³/mol. The maximum absolute atomic E-state index is 15.1. The fourth-order valence-electron chi connectivity index (χ4n) is 4.20. The van der Waals surface area contributed by atoms with E-state index in [1.807, 2.05) is 19.1 Å². The molecule has 37 heavy (non-hydrogen) atoms. The average molecular weight is 521 g/mol. The Morgan fingerprint density at radius 2 is 1.73 bits per heavy atom. The summed E-state index contributed by atoms with van der Waals surface area (Å²) in [7, 11) is 1.19. The van der Waals surface area contributed by atoms with Crippen molar-refractivity contribution in [3.05, 3.63) is 124 Å². The number of ether oxygens (including phenoxy) is 1. The molecule has 0 spiro atoms. The summed E-state index contributed by atoms with van der Waals surface area (Å²) in [5.74, 6) is -2.43. The first-order chi connectivity index (χ1) is 17.8. The highest BCUT2D eigenvalue weighted by Crippen LogP contribution is 2.34. The number of hydrogen-bond donors (Lipinski definition) is 1.